The van der Waals surface area contributed by atoms with Crippen molar-refractivity contribution in [1.29, 1.82) is 0 Å². The highest BCUT2D eigenvalue weighted by Crippen LogP contribution is 2.31. The number of rotatable bonds is 4. The van der Waals surface area contributed by atoms with Crippen molar-refractivity contribution in [3.05, 3.63) is 35.9 Å². The molecule has 0 radical (unpaired) electrons. The van der Waals surface area contributed by atoms with Crippen LogP contribution in [-0.2, 0) is 11.8 Å². The van der Waals surface area contributed by atoms with Crippen LogP contribution >= 0.6 is 0 Å². The van der Waals surface area contributed by atoms with Crippen molar-refractivity contribution >= 4 is 5.91 Å². The third-order valence-corrected chi connectivity index (χ3v) is 5.30. The van der Waals surface area contributed by atoms with Crippen LogP contribution in [0.25, 0.3) is 0 Å². The fraction of sp³-hybridized carbons (Fsp3) is 0.611. The summed E-state index contributed by atoms with van der Waals surface area (Å²) in [5.41, 5.74) is 1.53. The Bertz CT molecular complexity index is 722. The van der Waals surface area contributed by atoms with Crippen LogP contribution in [0.3, 0.4) is 0 Å². The zero-order valence-electron chi connectivity index (χ0n) is 15.2. The molecule has 0 spiro atoms. The SMILES string of the molecule is Cn1cc([C@H]2[C@H](CN3CCCCC3)OCCN2C(=O)c2ccn[nH]2)cn1. The van der Waals surface area contributed by atoms with Gasteiger partial charge in [0.1, 0.15) is 5.69 Å². The Morgan fingerprint density at radius 3 is 2.85 bits per heavy atom. The van der Waals surface area contributed by atoms with Crippen LogP contribution in [0, 0.1) is 0 Å². The Morgan fingerprint density at radius 2 is 2.15 bits per heavy atom. The predicted molar refractivity (Wildman–Crippen MR) is 95.6 cm³/mol. The van der Waals surface area contributed by atoms with Crippen molar-refractivity contribution in [2.75, 3.05) is 32.8 Å². The van der Waals surface area contributed by atoms with Crippen molar-refractivity contribution in [3.63, 3.8) is 0 Å². The summed E-state index contributed by atoms with van der Waals surface area (Å²) in [6.07, 6.45) is 9.15. The van der Waals surface area contributed by atoms with Gasteiger partial charge in [0.25, 0.3) is 5.91 Å². The fourth-order valence-corrected chi connectivity index (χ4v) is 4.03. The zero-order chi connectivity index (χ0) is 17.9. The molecule has 2 aliphatic rings. The lowest BCUT2D eigenvalue weighted by Crippen LogP contribution is -2.52. The molecule has 0 unspecified atom stereocenters. The number of H-pyrrole nitrogens is 1. The molecule has 2 aliphatic heterocycles. The van der Waals surface area contributed by atoms with Crippen LogP contribution in [0.4, 0.5) is 0 Å². The van der Waals surface area contributed by atoms with E-state index in [4.69, 9.17) is 4.74 Å². The van der Waals surface area contributed by atoms with E-state index in [1.54, 1.807) is 16.9 Å². The van der Waals surface area contributed by atoms with Gasteiger partial charge in [-0.2, -0.15) is 10.2 Å². The molecule has 1 amide bonds. The molecule has 8 nitrogen and oxygen atoms in total. The van der Waals surface area contributed by atoms with Gasteiger partial charge in [-0.1, -0.05) is 6.42 Å². The van der Waals surface area contributed by atoms with Gasteiger partial charge in [-0.15, -0.1) is 0 Å². The van der Waals surface area contributed by atoms with Crippen molar-refractivity contribution in [2.45, 2.75) is 31.4 Å². The van der Waals surface area contributed by atoms with Crippen LogP contribution in [0.15, 0.2) is 24.7 Å². The van der Waals surface area contributed by atoms with Crippen molar-refractivity contribution < 1.29 is 9.53 Å². The number of nitrogens with one attached hydrogen (secondary N) is 1. The quantitative estimate of drug-likeness (QED) is 0.889. The van der Waals surface area contributed by atoms with Crippen molar-refractivity contribution in [1.82, 2.24) is 29.8 Å². The van der Waals surface area contributed by atoms with E-state index in [1.165, 1.54) is 19.3 Å². The summed E-state index contributed by atoms with van der Waals surface area (Å²) in [5, 5.41) is 11.0. The number of ether oxygens (including phenoxy) is 1. The number of hydrogen-bond donors (Lipinski definition) is 1. The van der Waals surface area contributed by atoms with Crippen LogP contribution in [0.2, 0.25) is 0 Å². The van der Waals surface area contributed by atoms with Crippen LogP contribution in [-0.4, -0.2) is 74.6 Å². The van der Waals surface area contributed by atoms with Crippen molar-refractivity contribution in [2.24, 2.45) is 7.05 Å². The van der Waals surface area contributed by atoms with E-state index in [2.05, 4.69) is 20.2 Å². The molecular weight excluding hydrogens is 332 g/mol. The standard InChI is InChI=1S/C18H26N6O2/c1-22-12-14(11-20-22)17-16(13-23-7-3-2-4-8-23)26-10-9-24(17)18(25)15-5-6-19-21-15/h5-6,11-12,16-17H,2-4,7-10,13H2,1H3,(H,19,21)/t16-,17-/m0/s1. The number of amides is 1. The van der Waals surface area contributed by atoms with Gasteiger partial charge in [-0.3, -0.25) is 14.6 Å². The van der Waals surface area contributed by atoms with E-state index in [1.807, 2.05) is 24.3 Å². The minimum absolute atomic E-state index is 0.0386. The van der Waals surface area contributed by atoms with Gasteiger partial charge in [-0.05, 0) is 32.0 Å². The van der Waals surface area contributed by atoms with Crippen LogP contribution in [0.1, 0.15) is 41.4 Å². The maximum absolute atomic E-state index is 13.0. The summed E-state index contributed by atoms with van der Waals surface area (Å²) in [6, 6.07) is 1.58. The number of aromatic amines is 1. The minimum Gasteiger partial charge on any atom is -0.373 e. The largest absolute Gasteiger partial charge is 0.373 e. The smallest absolute Gasteiger partial charge is 0.272 e. The number of morpholine rings is 1. The molecule has 0 saturated carbocycles. The highest BCUT2D eigenvalue weighted by molar-refractivity contribution is 5.92. The van der Waals surface area contributed by atoms with Gasteiger partial charge in [0.15, 0.2) is 0 Å². The lowest BCUT2D eigenvalue weighted by Gasteiger charge is -2.43. The molecule has 2 fully saturated rings. The molecule has 1 N–H and O–H groups in total. The molecule has 140 valence electrons. The number of hydrogen-bond acceptors (Lipinski definition) is 5. The second kappa shape index (κ2) is 7.59. The maximum Gasteiger partial charge on any atom is 0.272 e. The summed E-state index contributed by atoms with van der Waals surface area (Å²) in [5.74, 6) is -0.0386. The maximum atomic E-state index is 13.0. The highest BCUT2D eigenvalue weighted by Gasteiger charge is 2.38. The number of carbonyl (C=O) groups excluding carboxylic acids is 1. The lowest BCUT2D eigenvalue weighted by atomic mass is 9.99. The molecule has 2 aromatic heterocycles. The van der Waals surface area contributed by atoms with Gasteiger partial charge in [0.05, 0.1) is 24.9 Å². The summed E-state index contributed by atoms with van der Waals surface area (Å²) in [7, 11) is 1.90. The van der Waals surface area contributed by atoms with Gasteiger partial charge in [0, 0.05) is 38.1 Å². The summed E-state index contributed by atoms with van der Waals surface area (Å²) in [4.78, 5) is 17.4. The Hall–Kier alpha value is -2.19. The first-order valence-electron chi connectivity index (χ1n) is 9.35. The van der Waals surface area contributed by atoms with E-state index >= 15 is 0 Å². The van der Waals surface area contributed by atoms with Gasteiger partial charge in [0.2, 0.25) is 0 Å². The molecule has 2 atom stereocenters. The Labute approximate surface area is 153 Å². The molecule has 0 aliphatic carbocycles. The number of aromatic nitrogens is 4. The number of piperidine rings is 1. The predicted octanol–water partition coefficient (Wildman–Crippen LogP) is 1.21. The molecule has 8 heteroatoms. The van der Waals surface area contributed by atoms with E-state index < -0.39 is 0 Å². The normalized spacial score (nSPS) is 24.7. The first-order valence-corrected chi connectivity index (χ1v) is 9.35. The highest BCUT2D eigenvalue weighted by atomic mass is 16.5. The number of aryl methyl sites for hydroxylation is 1. The average Bonchev–Trinajstić information content (AvgIpc) is 3.34. The van der Waals surface area contributed by atoms with Gasteiger partial charge < -0.3 is 14.5 Å². The summed E-state index contributed by atoms with van der Waals surface area (Å²) >= 11 is 0. The molecule has 2 aromatic rings. The third-order valence-electron chi connectivity index (χ3n) is 5.30. The first kappa shape index (κ1) is 17.2. The number of carbonyl (C=O) groups is 1. The molecular formula is C18H26N6O2. The molecule has 0 bridgehead atoms. The van der Waals surface area contributed by atoms with Crippen molar-refractivity contribution in [3.8, 4) is 0 Å². The lowest BCUT2D eigenvalue weighted by molar-refractivity contribution is -0.0743. The molecule has 4 rings (SSSR count). The van der Waals surface area contributed by atoms with Gasteiger partial charge in [-0.25, -0.2) is 0 Å². The monoisotopic (exact) mass is 358 g/mol. The van der Waals surface area contributed by atoms with E-state index in [0.29, 0.717) is 18.8 Å². The van der Waals surface area contributed by atoms with E-state index in [-0.39, 0.29) is 18.1 Å². The Morgan fingerprint density at radius 1 is 1.31 bits per heavy atom. The van der Waals surface area contributed by atoms with E-state index in [9.17, 15) is 4.79 Å². The summed E-state index contributed by atoms with van der Waals surface area (Å²) < 4.78 is 7.93. The number of nitrogens with zero attached hydrogens (tertiary/aromatic N) is 5. The third kappa shape index (κ3) is 3.52. The molecule has 0 aromatic carbocycles. The second-order valence-electron chi connectivity index (χ2n) is 7.13. The molecule has 4 heterocycles. The first-order chi connectivity index (χ1) is 12.7. The van der Waals surface area contributed by atoms with E-state index in [0.717, 1.165) is 25.2 Å². The Balaban J connectivity index is 1.60. The topological polar surface area (TPSA) is 79.3 Å². The molecule has 26 heavy (non-hydrogen) atoms. The fourth-order valence-electron chi connectivity index (χ4n) is 4.03. The number of likely N-dealkylation sites (tertiary alicyclic amines) is 1. The zero-order valence-corrected chi connectivity index (χ0v) is 15.2. The van der Waals surface area contributed by atoms with Crippen LogP contribution in [0.5, 0.6) is 0 Å². The minimum atomic E-state index is -0.143. The molecule has 2 saturated heterocycles. The average molecular weight is 358 g/mol. The van der Waals surface area contributed by atoms with Gasteiger partial charge >= 0.3 is 0 Å². The Kier molecular flexibility index (Phi) is 5.03. The summed E-state index contributed by atoms with van der Waals surface area (Å²) in [6.45, 7) is 4.16. The second-order valence-corrected chi connectivity index (χ2v) is 7.13. The van der Waals surface area contributed by atoms with Crippen LogP contribution < -0.4 is 0 Å².